The van der Waals surface area contributed by atoms with Crippen molar-refractivity contribution >= 4 is 22.8 Å². The van der Waals surface area contributed by atoms with E-state index in [4.69, 9.17) is 5.26 Å². The van der Waals surface area contributed by atoms with Gasteiger partial charge in [0.15, 0.2) is 0 Å². The lowest BCUT2D eigenvalue weighted by atomic mass is 9.87. The molecule has 0 unspecified atom stereocenters. The number of hydrogen-bond donors (Lipinski definition) is 1. The number of benzene rings is 1. The molecule has 2 aromatic rings. The molecule has 0 aliphatic heterocycles. The number of hydrogen-bond acceptors (Lipinski definition) is 4. The molecule has 0 amide bonds. The number of allylic oxidation sites excluding steroid dienone is 1. The Balaban J connectivity index is 2.13. The quantitative estimate of drug-likeness (QED) is 0.504. The molecule has 1 N–H and O–H groups in total. The van der Waals surface area contributed by atoms with Gasteiger partial charge in [-0.05, 0) is 34.6 Å². The maximum Gasteiger partial charge on any atom is 0.205 e. The van der Waals surface area contributed by atoms with Crippen LogP contribution in [0.2, 0.25) is 0 Å². The molecule has 0 atom stereocenters. The summed E-state index contributed by atoms with van der Waals surface area (Å²) in [5, 5.41) is 15.7. The van der Waals surface area contributed by atoms with Crippen LogP contribution < -0.4 is 5.32 Å². The van der Waals surface area contributed by atoms with Gasteiger partial charge in [-0.25, -0.2) is 0 Å². The summed E-state index contributed by atoms with van der Waals surface area (Å²) in [5.41, 5.74) is 2.82. The fourth-order valence-corrected chi connectivity index (χ4v) is 2.56. The van der Waals surface area contributed by atoms with Crippen LogP contribution in [0.4, 0.5) is 5.69 Å². The SMILES string of the molecule is CC(C)(C)c1ccc(N/C=C(\C#N)C(=O)c2ccsc2)cc1. The maximum absolute atomic E-state index is 12.1. The summed E-state index contributed by atoms with van der Waals surface area (Å²) < 4.78 is 0. The Morgan fingerprint density at radius 3 is 2.41 bits per heavy atom. The molecule has 3 nitrogen and oxygen atoms in total. The van der Waals surface area contributed by atoms with E-state index in [1.165, 1.54) is 23.1 Å². The van der Waals surface area contributed by atoms with E-state index in [9.17, 15) is 4.79 Å². The van der Waals surface area contributed by atoms with Gasteiger partial charge < -0.3 is 5.32 Å². The van der Waals surface area contributed by atoms with Gasteiger partial charge in [0.2, 0.25) is 5.78 Å². The highest BCUT2D eigenvalue weighted by Crippen LogP contribution is 2.23. The smallest absolute Gasteiger partial charge is 0.205 e. The highest BCUT2D eigenvalue weighted by molar-refractivity contribution is 7.08. The van der Waals surface area contributed by atoms with Crippen LogP contribution in [0.1, 0.15) is 36.7 Å². The third-order valence-corrected chi connectivity index (χ3v) is 3.97. The van der Waals surface area contributed by atoms with Crippen LogP contribution in [0.3, 0.4) is 0 Å². The summed E-state index contributed by atoms with van der Waals surface area (Å²) in [7, 11) is 0. The molecule has 0 aliphatic rings. The fourth-order valence-electron chi connectivity index (χ4n) is 1.92. The minimum absolute atomic E-state index is 0.0956. The lowest BCUT2D eigenvalue weighted by Crippen LogP contribution is -2.10. The first-order valence-corrected chi connectivity index (χ1v) is 7.90. The van der Waals surface area contributed by atoms with Crippen LogP contribution in [0, 0.1) is 11.3 Å². The normalized spacial score (nSPS) is 11.8. The number of carbonyl (C=O) groups is 1. The Morgan fingerprint density at radius 1 is 1.23 bits per heavy atom. The molecule has 0 fully saturated rings. The number of carbonyl (C=O) groups excluding carboxylic acids is 1. The van der Waals surface area contributed by atoms with Crippen molar-refractivity contribution in [1.82, 2.24) is 0 Å². The minimum Gasteiger partial charge on any atom is -0.360 e. The molecule has 0 bridgehead atoms. The third-order valence-electron chi connectivity index (χ3n) is 3.28. The molecule has 2 rings (SSSR count). The lowest BCUT2D eigenvalue weighted by Gasteiger charge is -2.19. The van der Waals surface area contributed by atoms with E-state index in [2.05, 4.69) is 26.1 Å². The predicted molar refractivity (Wildman–Crippen MR) is 91.1 cm³/mol. The average Bonchev–Trinajstić information content (AvgIpc) is 3.01. The summed E-state index contributed by atoms with van der Waals surface area (Å²) in [6.45, 7) is 6.47. The molecular formula is C18H18N2OS. The topological polar surface area (TPSA) is 52.9 Å². The zero-order chi connectivity index (χ0) is 16.2. The van der Waals surface area contributed by atoms with Crippen molar-refractivity contribution in [1.29, 1.82) is 5.26 Å². The van der Waals surface area contributed by atoms with Crippen LogP contribution in [0.15, 0.2) is 52.9 Å². The van der Waals surface area contributed by atoms with Gasteiger partial charge >= 0.3 is 0 Å². The van der Waals surface area contributed by atoms with Gasteiger partial charge in [-0.15, -0.1) is 0 Å². The summed E-state index contributed by atoms with van der Waals surface area (Å²) in [6.07, 6.45) is 1.46. The van der Waals surface area contributed by atoms with Crippen molar-refractivity contribution < 1.29 is 4.79 Å². The molecule has 1 aromatic heterocycles. The molecule has 1 aromatic carbocycles. The second kappa shape index (κ2) is 6.59. The zero-order valence-electron chi connectivity index (χ0n) is 12.9. The summed E-state index contributed by atoms with van der Waals surface area (Å²) >= 11 is 1.44. The van der Waals surface area contributed by atoms with Crippen molar-refractivity contribution in [3.8, 4) is 6.07 Å². The number of nitriles is 1. The first-order valence-electron chi connectivity index (χ1n) is 6.96. The van der Waals surface area contributed by atoms with E-state index in [0.29, 0.717) is 5.56 Å². The summed E-state index contributed by atoms with van der Waals surface area (Å²) in [5.74, 6) is -0.262. The van der Waals surface area contributed by atoms with Crippen molar-refractivity contribution in [2.45, 2.75) is 26.2 Å². The highest BCUT2D eigenvalue weighted by atomic mass is 32.1. The monoisotopic (exact) mass is 310 g/mol. The van der Waals surface area contributed by atoms with E-state index >= 15 is 0 Å². The van der Waals surface area contributed by atoms with Crippen molar-refractivity contribution in [2.75, 3.05) is 5.32 Å². The third kappa shape index (κ3) is 3.84. The molecule has 4 heteroatoms. The van der Waals surface area contributed by atoms with Crippen molar-refractivity contribution in [3.05, 3.63) is 64.0 Å². The minimum atomic E-state index is -0.262. The van der Waals surface area contributed by atoms with Gasteiger partial charge in [-0.2, -0.15) is 16.6 Å². The molecule has 0 saturated carbocycles. The Bertz CT molecular complexity index is 714. The van der Waals surface area contributed by atoms with E-state index in [0.717, 1.165) is 5.69 Å². The van der Waals surface area contributed by atoms with Gasteiger partial charge in [0.1, 0.15) is 11.6 Å². The largest absolute Gasteiger partial charge is 0.360 e. The van der Waals surface area contributed by atoms with E-state index in [1.807, 2.05) is 35.7 Å². The lowest BCUT2D eigenvalue weighted by molar-refractivity contribution is 0.103. The van der Waals surface area contributed by atoms with Crippen LogP contribution in [-0.4, -0.2) is 5.78 Å². The van der Waals surface area contributed by atoms with Gasteiger partial charge in [0.05, 0.1) is 0 Å². The summed E-state index contributed by atoms with van der Waals surface area (Å²) in [6, 6.07) is 11.6. The Kier molecular flexibility index (Phi) is 4.79. The standard InChI is InChI=1S/C18H18N2OS/c1-18(2,3)15-4-6-16(7-5-15)20-11-14(10-19)17(21)13-8-9-22-12-13/h4-9,11-12,20H,1-3H3/b14-11+. The first-order chi connectivity index (χ1) is 10.4. The number of nitrogens with one attached hydrogen (secondary N) is 1. The number of rotatable bonds is 4. The fraction of sp³-hybridized carbons (Fsp3) is 0.222. The molecular weight excluding hydrogens is 292 g/mol. The van der Waals surface area contributed by atoms with Crippen LogP contribution in [0.25, 0.3) is 0 Å². The number of thiophene rings is 1. The van der Waals surface area contributed by atoms with Crippen molar-refractivity contribution in [2.24, 2.45) is 0 Å². The molecule has 0 aliphatic carbocycles. The van der Waals surface area contributed by atoms with Gasteiger partial charge in [0, 0.05) is 22.8 Å². The van der Waals surface area contributed by atoms with E-state index in [-0.39, 0.29) is 16.8 Å². The van der Waals surface area contributed by atoms with E-state index in [1.54, 1.807) is 11.4 Å². The second-order valence-corrected chi connectivity index (χ2v) is 6.76. The first kappa shape index (κ1) is 16.0. The Morgan fingerprint density at radius 2 is 1.91 bits per heavy atom. The average molecular weight is 310 g/mol. The molecule has 0 spiro atoms. The number of ketones is 1. The van der Waals surface area contributed by atoms with Crippen molar-refractivity contribution in [3.63, 3.8) is 0 Å². The molecule has 22 heavy (non-hydrogen) atoms. The maximum atomic E-state index is 12.1. The highest BCUT2D eigenvalue weighted by Gasteiger charge is 2.13. The Hall–Kier alpha value is -2.38. The molecule has 0 saturated heterocycles. The number of anilines is 1. The zero-order valence-corrected chi connectivity index (χ0v) is 13.7. The van der Waals surface area contributed by atoms with Crippen LogP contribution in [-0.2, 0) is 5.41 Å². The molecule has 112 valence electrons. The summed E-state index contributed by atoms with van der Waals surface area (Å²) in [4.78, 5) is 12.1. The second-order valence-electron chi connectivity index (χ2n) is 5.98. The van der Waals surface area contributed by atoms with Gasteiger partial charge in [-0.3, -0.25) is 4.79 Å². The van der Waals surface area contributed by atoms with Crippen LogP contribution in [0.5, 0.6) is 0 Å². The molecule has 1 heterocycles. The number of nitrogens with zero attached hydrogens (tertiary/aromatic N) is 1. The molecule has 0 radical (unpaired) electrons. The van der Waals surface area contributed by atoms with Gasteiger partial charge in [0.25, 0.3) is 0 Å². The van der Waals surface area contributed by atoms with Gasteiger partial charge in [-0.1, -0.05) is 32.9 Å². The van der Waals surface area contributed by atoms with Crippen LogP contribution >= 0.6 is 11.3 Å². The Labute approximate surface area is 134 Å². The number of Topliss-reactive ketones (excluding diaryl/α,β-unsaturated/α-hetero) is 1. The van der Waals surface area contributed by atoms with E-state index < -0.39 is 0 Å². The predicted octanol–water partition coefficient (Wildman–Crippen LogP) is 4.75.